The summed E-state index contributed by atoms with van der Waals surface area (Å²) in [5.74, 6) is 5.55. The molecule has 0 radical (unpaired) electrons. The van der Waals surface area contributed by atoms with E-state index in [1.54, 1.807) is 27.7 Å². The van der Waals surface area contributed by atoms with E-state index in [9.17, 15) is 9.90 Å². The molecule has 0 spiro atoms. The van der Waals surface area contributed by atoms with Gasteiger partial charge in [-0.2, -0.15) is 0 Å². The summed E-state index contributed by atoms with van der Waals surface area (Å²) in [6.45, 7) is 17.3. The Bertz CT molecular complexity index is 600. The number of hydrogen-bond donors (Lipinski definition) is 1. The van der Waals surface area contributed by atoms with E-state index in [-0.39, 0.29) is 5.97 Å². The highest BCUT2D eigenvalue weighted by Crippen LogP contribution is 2.15. The molecule has 0 aromatic heterocycles. The predicted molar refractivity (Wildman–Crippen MR) is 109 cm³/mol. The van der Waals surface area contributed by atoms with Crippen LogP contribution in [0.25, 0.3) is 0 Å². The molecular formula is C19H36O3Si2. The van der Waals surface area contributed by atoms with Gasteiger partial charge in [0.05, 0.1) is 16.4 Å². The van der Waals surface area contributed by atoms with Crippen LogP contribution in [0.5, 0.6) is 0 Å². The number of methoxy groups -OCH3 is 1. The number of ether oxygens (including phenoxy) is 1. The van der Waals surface area contributed by atoms with Crippen LogP contribution in [0.3, 0.4) is 0 Å². The average molecular weight is 371 g/mol. The molecule has 0 unspecified atom stereocenters. The summed E-state index contributed by atoms with van der Waals surface area (Å²) in [4.78, 5) is 11.2. The van der Waals surface area contributed by atoms with Gasteiger partial charge in [0, 0.05) is 5.41 Å². The van der Waals surface area contributed by atoms with E-state index in [1.807, 2.05) is 0 Å². The Morgan fingerprint density at radius 2 is 1.38 bits per heavy atom. The summed E-state index contributed by atoms with van der Waals surface area (Å²) in [6.07, 6.45) is 0. The summed E-state index contributed by atoms with van der Waals surface area (Å²) < 4.78 is 19.0. The first-order valence-electron chi connectivity index (χ1n) is 9.04. The van der Waals surface area contributed by atoms with Crippen molar-refractivity contribution in [3.8, 4) is 22.9 Å². The molecule has 0 saturated heterocycles. The van der Waals surface area contributed by atoms with E-state index in [4.69, 9.17) is 2.74 Å². The SMILES string of the molecule is COC(=O)C(C)(C)C#C[Si](C)(C)C.[2H]C([2H])(O)C(C)(C)C#C[Si](C)(C)C. The van der Waals surface area contributed by atoms with Gasteiger partial charge in [0.15, 0.2) is 0 Å². The summed E-state index contributed by atoms with van der Waals surface area (Å²) in [5.41, 5.74) is 4.56. The second-order valence-corrected chi connectivity index (χ2v) is 18.4. The Labute approximate surface area is 154 Å². The van der Waals surface area contributed by atoms with Crippen molar-refractivity contribution in [3.05, 3.63) is 0 Å². The maximum absolute atomic E-state index is 11.2. The van der Waals surface area contributed by atoms with Crippen molar-refractivity contribution in [3.63, 3.8) is 0 Å². The monoisotopic (exact) mass is 370 g/mol. The Hall–Kier alpha value is -1.02. The van der Waals surface area contributed by atoms with Gasteiger partial charge >= 0.3 is 5.97 Å². The normalized spacial score (nSPS) is 13.7. The van der Waals surface area contributed by atoms with Crippen molar-refractivity contribution in [2.75, 3.05) is 13.7 Å². The highest BCUT2D eigenvalue weighted by molar-refractivity contribution is 6.84. The van der Waals surface area contributed by atoms with Gasteiger partial charge in [0.1, 0.15) is 21.6 Å². The molecule has 0 bridgehead atoms. The zero-order valence-electron chi connectivity index (χ0n) is 19.3. The smallest absolute Gasteiger partial charge is 0.323 e. The molecule has 1 N–H and O–H groups in total. The van der Waals surface area contributed by atoms with Crippen molar-refractivity contribution in [2.24, 2.45) is 10.8 Å². The second-order valence-electron chi connectivity index (χ2n) is 8.85. The lowest BCUT2D eigenvalue weighted by molar-refractivity contribution is -0.147. The molecular weight excluding hydrogens is 332 g/mol. The minimum absolute atomic E-state index is 0.266. The Kier molecular flexibility index (Phi) is 8.29. The number of carbonyl (C=O) groups excluding carboxylic acids is 1. The fraction of sp³-hybridized carbons (Fsp3) is 0.737. The topological polar surface area (TPSA) is 46.5 Å². The van der Waals surface area contributed by atoms with Crippen LogP contribution in [0, 0.1) is 33.8 Å². The lowest BCUT2D eigenvalue weighted by Gasteiger charge is -2.15. The average Bonchev–Trinajstić information content (AvgIpc) is 2.40. The number of hydrogen-bond acceptors (Lipinski definition) is 3. The second kappa shape index (κ2) is 9.46. The van der Waals surface area contributed by atoms with Crippen molar-refractivity contribution < 1.29 is 17.4 Å². The first kappa shape index (κ1) is 21.0. The number of carbonyl (C=O) groups is 1. The first-order chi connectivity index (χ1) is 11.1. The van der Waals surface area contributed by atoms with E-state index in [0.29, 0.717) is 0 Å². The van der Waals surface area contributed by atoms with E-state index in [1.165, 1.54) is 7.11 Å². The molecule has 5 heteroatoms. The van der Waals surface area contributed by atoms with Gasteiger partial charge < -0.3 is 9.84 Å². The third kappa shape index (κ3) is 14.6. The standard InChI is InChI=1S/C10H18O2Si.C9H18OSi/c1-10(2,9(11)12-3)7-8-13(4,5)6;1-9(2,8-10)6-7-11(3,4)5/h1-6H3;10H,8H2,1-5H3/i;8D2. The highest BCUT2D eigenvalue weighted by atomic mass is 28.3. The van der Waals surface area contributed by atoms with Crippen LogP contribution in [0.4, 0.5) is 0 Å². The molecule has 24 heavy (non-hydrogen) atoms. The zero-order valence-corrected chi connectivity index (χ0v) is 19.3. The quantitative estimate of drug-likeness (QED) is 0.455. The molecule has 0 aliphatic rings. The molecule has 0 aromatic carbocycles. The van der Waals surface area contributed by atoms with Crippen LogP contribution in [0.15, 0.2) is 0 Å². The van der Waals surface area contributed by atoms with Gasteiger partial charge in [0.25, 0.3) is 0 Å². The maximum Gasteiger partial charge on any atom is 0.323 e. The lowest BCUT2D eigenvalue weighted by Crippen LogP contribution is -2.25. The van der Waals surface area contributed by atoms with Crippen LogP contribution in [0.1, 0.15) is 30.4 Å². The molecule has 0 fully saturated rings. The summed E-state index contributed by atoms with van der Waals surface area (Å²) >= 11 is 0. The van der Waals surface area contributed by atoms with E-state index >= 15 is 0 Å². The van der Waals surface area contributed by atoms with Crippen molar-refractivity contribution >= 4 is 22.1 Å². The van der Waals surface area contributed by atoms with E-state index < -0.39 is 33.5 Å². The molecule has 0 saturated carbocycles. The predicted octanol–water partition coefficient (Wildman–Crippen LogP) is 3.95. The van der Waals surface area contributed by atoms with Crippen LogP contribution in [0.2, 0.25) is 39.3 Å². The number of esters is 1. The minimum atomic E-state index is -2.24. The first-order valence-corrected chi connectivity index (χ1v) is 15.0. The highest BCUT2D eigenvalue weighted by Gasteiger charge is 2.26. The molecule has 0 aliphatic carbocycles. The van der Waals surface area contributed by atoms with Crippen LogP contribution in [-0.2, 0) is 9.53 Å². The fourth-order valence-corrected chi connectivity index (χ4v) is 2.40. The lowest BCUT2D eigenvalue weighted by atomic mass is 9.95. The van der Waals surface area contributed by atoms with E-state index in [2.05, 4.69) is 66.9 Å². The van der Waals surface area contributed by atoms with Crippen LogP contribution < -0.4 is 0 Å². The molecule has 0 rings (SSSR count). The van der Waals surface area contributed by atoms with Crippen molar-refractivity contribution in [1.82, 2.24) is 0 Å². The largest absolute Gasteiger partial charge is 0.468 e. The third-order valence-corrected chi connectivity index (χ3v) is 4.23. The zero-order chi connectivity index (χ0) is 21.6. The van der Waals surface area contributed by atoms with Crippen molar-refractivity contribution in [1.29, 1.82) is 0 Å². The number of rotatable bonds is 2. The summed E-state index contributed by atoms with van der Waals surface area (Å²) in [7, 11) is -1.49. The van der Waals surface area contributed by atoms with Gasteiger partial charge in [-0.1, -0.05) is 45.2 Å². The number of aliphatic hydroxyl groups is 1. The van der Waals surface area contributed by atoms with Gasteiger partial charge in [-0.25, -0.2) is 0 Å². The molecule has 0 amide bonds. The van der Waals surface area contributed by atoms with Crippen LogP contribution >= 0.6 is 0 Å². The van der Waals surface area contributed by atoms with Gasteiger partial charge in [-0.05, 0) is 27.7 Å². The Morgan fingerprint density at radius 1 is 1.00 bits per heavy atom. The molecule has 0 aromatic rings. The van der Waals surface area contributed by atoms with Crippen LogP contribution in [-0.4, -0.2) is 40.9 Å². The molecule has 3 nitrogen and oxygen atoms in total. The van der Waals surface area contributed by atoms with Crippen molar-refractivity contribution in [2.45, 2.75) is 67.0 Å². The fourth-order valence-electron chi connectivity index (χ4n) is 1.02. The maximum atomic E-state index is 11.2. The summed E-state index contributed by atoms with van der Waals surface area (Å²) in [5, 5.41) is 9.19. The molecule has 138 valence electrons. The Balaban J connectivity index is 0. The molecule has 0 heterocycles. The van der Waals surface area contributed by atoms with Gasteiger partial charge in [0.2, 0.25) is 0 Å². The molecule has 0 aliphatic heterocycles. The van der Waals surface area contributed by atoms with E-state index in [0.717, 1.165) is 0 Å². The summed E-state index contributed by atoms with van der Waals surface area (Å²) in [6, 6.07) is 0. The van der Waals surface area contributed by atoms with Gasteiger partial charge in [-0.3, -0.25) is 4.79 Å². The Morgan fingerprint density at radius 3 is 1.67 bits per heavy atom. The molecule has 0 atom stereocenters. The van der Waals surface area contributed by atoms with Gasteiger partial charge in [-0.15, -0.1) is 17.0 Å². The third-order valence-electron chi connectivity index (χ3n) is 2.48. The minimum Gasteiger partial charge on any atom is -0.468 e.